The molecule has 38 heavy (non-hydrogen) atoms. The first-order chi connectivity index (χ1) is 18.4. The van der Waals surface area contributed by atoms with Crippen LogP contribution in [0.2, 0.25) is 5.02 Å². The lowest BCUT2D eigenvalue weighted by molar-refractivity contribution is -0.911. The molecule has 1 aromatic carbocycles. The summed E-state index contributed by atoms with van der Waals surface area (Å²) in [6.45, 7) is -0.694. The molecule has 1 saturated heterocycles. The molecule has 3 N–H and O–H groups in total. The molecule has 2 atom stereocenters. The number of benzene rings is 1. The Kier molecular flexibility index (Phi) is 5.88. The average molecular weight is 542 g/mol. The molecule has 0 saturated carbocycles. The molecule has 2 aliphatic heterocycles. The van der Waals surface area contributed by atoms with Crippen LogP contribution in [0.5, 0.6) is 0 Å². The number of aliphatic hydroxyl groups is 1. The Morgan fingerprint density at radius 3 is 2.82 bits per heavy atom. The molecule has 11 nitrogen and oxygen atoms in total. The van der Waals surface area contributed by atoms with Crippen molar-refractivity contribution in [3.8, 4) is 16.9 Å². The van der Waals surface area contributed by atoms with Gasteiger partial charge in [0.05, 0.1) is 28.6 Å². The van der Waals surface area contributed by atoms with Crippen LogP contribution in [-0.4, -0.2) is 57.3 Å². The first kappa shape index (κ1) is 24.1. The lowest BCUT2D eigenvalue weighted by Gasteiger charge is -2.33. The van der Waals surface area contributed by atoms with E-state index in [9.17, 15) is 19.5 Å². The largest absolute Gasteiger partial charge is 0.385 e. The molecule has 194 valence electrons. The number of nitrogens with zero attached hydrogens (tertiary/aromatic N) is 7. The molecule has 0 aliphatic carbocycles. The molecule has 1 unspecified atom stereocenters. The predicted molar refractivity (Wildman–Crippen MR) is 127 cm³/mol. The van der Waals surface area contributed by atoms with Gasteiger partial charge in [0.1, 0.15) is 18.8 Å². The fourth-order valence-corrected chi connectivity index (χ4v) is 5.42. The van der Waals surface area contributed by atoms with Crippen molar-refractivity contribution in [1.82, 2.24) is 35.1 Å². The average Bonchev–Trinajstić information content (AvgIpc) is 3.67. The number of fused-ring (bicyclic) bond motifs is 1. The zero-order chi connectivity index (χ0) is 26.6. The van der Waals surface area contributed by atoms with Gasteiger partial charge in [0.25, 0.3) is 5.69 Å². The Balaban J connectivity index is 1.32. The van der Waals surface area contributed by atoms with Crippen molar-refractivity contribution in [1.29, 1.82) is 0 Å². The SMILES string of the molecule is O=C1C=C(c2c(-n3cnnn3)ccc(Cl)c2F)CC2CC[C@@H](c3ncc(-c4cc[n+](O)c(CO)c4F)[nH]3)N12. The molecular formula is C24H20ClF2N8O3+. The van der Waals surface area contributed by atoms with Crippen LogP contribution in [-0.2, 0) is 11.4 Å². The Bertz CT molecular complexity index is 1590. The standard InChI is InChI=1S/C24H19ClF2N8O3/c25-15-2-4-17(33-11-29-31-32-33)21(23(15)27)12-7-13-1-3-18(35(13)20(37)8-12)24-28-9-16(30-24)14-5-6-34(38)19(10-36)22(14)26/h2,4-6,8-9,11,13,18,36,38H,1,3,7,10H2/p+1/t13?,18-/m0/s1. The lowest BCUT2D eigenvalue weighted by Crippen LogP contribution is -2.39. The van der Waals surface area contributed by atoms with Crippen LogP contribution >= 0.6 is 11.6 Å². The van der Waals surface area contributed by atoms with Crippen molar-refractivity contribution in [3.63, 3.8) is 0 Å². The summed E-state index contributed by atoms with van der Waals surface area (Å²) in [4.78, 5) is 22.6. The van der Waals surface area contributed by atoms with Crippen LogP contribution in [0.1, 0.15) is 42.4 Å². The van der Waals surface area contributed by atoms with Gasteiger partial charge in [-0.25, -0.2) is 9.37 Å². The molecule has 2 aliphatic rings. The number of hydrogen-bond acceptors (Lipinski definition) is 7. The maximum atomic E-state index is 15.3. The number of nitrogens with one attached hydrogen (secondary N) is 1. The number of H-pyrrole nitrogens is 1. The van der Waals surface area contributed by atoms with Crippen LogP contribution in [0, 0.1) is 11.6 Å². The van der Waals surface area contributed by atoms with Crippen LogP contribution in [0.25, 0.3) is 22.5 Å². The van der Waals surface area contributed by atoms with Crippen molar-refractivity contribution in [2.75, 3.05) is 0 Å². The quantitative estimate of drug-likeness (QED) is 0.261. The highest BCUT2D eigenvalue weighted by Crippen LogP contribution is 2.44. The number of imidazole rings is 1. The number of carbonyl (C=O) groups is 1. The summed E-state index contributed by atoms with van der Waals surface area (Å²) in [7, 11) is 0. The van der Waals surface area contributed by atoms with Crippen molar-refractivity contribution in [2.24, 2.45) is 0 Å². The summed E-state index contributed by atoms with van der Waals surface area (Å²) in [5, 5.41) is 30.1. The Morgan fingerprint density at radius 2 is 2.05 bits per heavy atom. The van der Waals surface area contributed by atoms with E-state index in [4.69, 9.17) is 11.6 Å². The van der Waals surface area contributed by atoms with Gasteiger partial charge in [-0.15, -0.1) is 5.10 Å². The highest BCUT2D eigenvalue weighted by molar-refractivity contribution is 6.31. The van der Waals surface area contributed by atoms with Gasteiger partial charge in [-0.3, -0.25) is 10.0 Å². The zero-order valence-corrected chi connectivity index (χ0v) is 20.3. The van der Waals surface area contributed by atoms with E-state index in [2.05, 4.69) is 25.5 Å². The number of aromatic nitrogens is 7. The molecule has 5 heterocycles. The van der Waals surface area contributed by atoms with Crippen LogP contribution in [0.4, 0.5) is 8.78 Å². The first-order valence-electron chi connectivity index (χ1n) is 11.7. The number of pyridine rings is 1. The Hall–Kier alpha value is -4.23. The number of hydrogen-bond donors (Lipinski definition) is 3. The van der Waals surface area contributed by atoms with Gasteiger partial charge in [0.2, 0.25) is 17.9 Å². The van der Waals surface area contributed by atoms with E-state index in [1.54, 1.807) is 11.0 Å². The van der Waals surface area contributed by atoms with Crippen LogP contribution in [0.15, 0.2) is 43.0 Å². The Morgan fingerprint density at radius 1 is 1.21 bits per heavy atom. The molecular weight excluding hydrogens is 522 g/mol. The summed E-state index contributed by atoms with van der Waals surface area (Å²) >= 11 is 6.08. The predicted octanol–water partition coefficient (Wildman–Crippen LogP) is 2.52. The number of halogens is 3. The normalized spacial score (nSPS) is 19.1. The molecule has 0 spiro atoms. The number of aromatic amines is 1. The van der Waals surface area contributed by atoms with Gasteiger partial charge in [-0.2, -0.15) is 9.07 Å². The minimum absolute atomic E-state index is 0.0794. The van der Waals surface area contributed by atoms with E-state index in [-0.39, 0.29) is 33.8 Å². The van der Waals surface area contributed by atoms with Crippen molar-refractivity contribution >= 4 is 23.1 Å². The second-order valence-electron chi connectivity index (χ2n) is 9.05. The topological polar surface area (TPSA) is 137 Å². The van der Waals surface area contributed by atoms with Gasteiger partial charge < -0.3 is 15.0 Å². The van der Waals surface area contributed by atoms with Crippen molar-refractivity contribution in [3.05, 3.63) is 76.7 Å². The molecule has 0 bridgehead atoms. The summed E-state index contributed by atoms with van der Waals surface area (Å²) in [5.74, 6) is -1.29. The maximum Gasteiger partial charge on any atom is 0.295 e. The van der Waals surface area contributed by atoms with E-state index in [0.29, 0.717) is 46.8 Å². The van der Waals surface area contributed by atoms with Gasteiger partial charge in [0.15, 0.2) is 5.82 Å². The number of rotatable bonds is 5. The molecule has 1 fully saturated rings. The summed E-state index contributed by atoms with van der Waals surface area (Å²) < 4.78 is 31.9. The summed E-state index contributed by atoms with van der Waals surface area (Å²) in [6.07, 6.45) is 7.01. The van der Waals surface area contributed by atoms with Gasteiger partial charge in [0, 0.05) is 34.0 Å². The van der Waals surface area contributed by atoms with E-state index in [1.807, 2.05) is 0 Å². The second kappa shape index (κ2) is 9.26. The minimum Gasteiger partial charge on any atom is -0.385 e. The number of carbonyl (C=O) groups excluding carboxylic acids is 1. The summed E-state index contributed by atoms with van der Waals surface area (Å²) in [6, 6.07) is 3.75. The second-order valence-corrected chi connectivity index (χ2v) is 9.46. The van der Waals surface area contributed by atoms with Gasteiger partial charge in [-0.1, -0.05) is 11.6 Å². The van der Waals surface area contributed by atoms with E-state index >= 15 is 4.39 Å². The fourth-order valence-electron chi connectivity index (χ4n) is 5.26. The third-order valence-electron chi connectivity index (χ3n) is 7.00. The molecule has 4 aromatic rings. The van der Waals surface area contributed by atoms with Gasteiger partial charge >= 0.3 is 0 Å². The van der Waals surface area contributed by atoms with Crippen molar-refractivity contribution in [2.45, 2.75) is 38.0 Å². The smallest absolute Gasteiger partial charge is 0.295 e. The van der Waals surface area contributed by atoms with E-state index in [0.717, 1.165) is 0 Å². The lowest BCUT2D eigenvalue weighted by atomic mass is 9.92. The van der Waals surface area contributed by atoms with Crippen molar-refractivity contribution < 1.29 is 28.6 Å². The van der Waals surface area contributed by atoms with Crippen LogP contribution in [0.3, 0.4) is 0 Å². The third kappa shape index (κ3) is 3.82. The van der Waals surface area contributed by atoms with Crippen LogP contribution < -0.4 is 4.73 Å². The van der Waals surface area contributed by atoms with E-state index in [1.165, 1.54) is 41.6 Å². The number of aliphatic hydroxyl groups excluding tert-OH is 1. The zero-order valence-electron chi connectivity index (χ0n) is 19.6. The summed E-state index contributed by atoms with van der Waals surface area (Å²) in [5.41, 5.74) is 1.18. The highest BCUT2D eigenvalue weighted by Gasteiger charge is 2.42. The third-order valence-corrected chi connectivity index (χ3v) is 7.29. The highest BCUT2D eigenvalue weighted by atomic mass is 35.5. The molecule has 6 rings (SSSR count). The van der Waals surface area contributed by atoms with E-state index < -0.39 is 24.3 Å². The minimum atomic E-state index is -0.791. The maximum absolute atomic E-state index is 15.3. The fraction of sp³-hybridized carbons (Fsp3) is 0.250. The van der Waals surface area contributed by atoms with Gasteiger partial charge in [-0.05, 0) is 47.4 Å². The first-order valence-corrected chi connectivity index (χ1v) is 12.1. The molecule has 14 heteroatoms. The molecule has 3 aromatic heterocycles. The molecule has 1 amide bonds. The number of amides is 1. The monoisotopic (exact) mass is 541 g/mol. The number of tetrazole rings is 1. The molecule has 0 radical (unpaired) electrons. The Labute approximate surface area is 218 Å².